The molecule has 1 aliphatic rings. The van der Waals surface area contributed by atoms with Crippen molar-refractivity contribution < 1.29 is 0 Å². The molecule has 0 bridgehead atoms. The van der Waals surface area contributed by atoms with Crippen molar-refractivity contribution in [3.05, 3.63) is 28.8 Å². The molecule has 2 aromatic heterocycles. The number of hydrogen-bond acceptors (Lipinski definition) is 3. The zero-order chi connectivity index (χ0) is 11.3. The molecule has 2 aromatic rings. The Morgan fingerprint density at radius 2 is 2.06 bits per heavy atom. The van der Waals surface area contributed by atoms with E-state index in [1.54, 1.807) is 22.4 Å². The summed E-state index contributed by atoms with van der Waals surface area (Å²) >= 11 is 0. The third kappa shape index (κ3) is 2.02. The van der Waals surface area contributed by atoms with E-state index in [4.69, 9.17) is 5.73 Å². The van der Waals surface area contributed by atoms with Gasteiger partial charge in [-0.25, -0.2) is 9.78 Å². The minimum atomic E-state index is 0. The quantitative estimate of drug-likeness (QED) is 0.859. The number of aryl methyl sites for hydroxylation is 1. The number of halogens is 2. The minimum Gasteiger partial charge on any atom is -0.328 e. The van der Waals surface area contributed by atoms with Crippen LogP contribution in [0.25, 0.3) is 11.2 Å². The number of imidazole rings is 1. The number of nitrogens with zero attached hydrogens (tertiary/aromatic N) is 3. The number of rotatable bonds is 1. The average Bonchev–Trinajstić information content (AvgIpc) is 2.49. The van der Waals surface area contributed by atoms with Crippen LogP contribution in [0.3, 0.4) is 0 Å². The molecule has 2 heterocycles. The van der Waals surface area contributed by atoms with Crippen molar-refractivity contribution in [2.24, 2.45) is 12.8 Å². The molecule has 5 nitrogen and oxygen atoms in total. The highest BCUT2D eigenvalue weighted by atomic mass is 35.5. The van der Waals surface area contributed by atoms with Crippen molar-refractivity contribution in [2.75, 3.05) is 0 Å². The lowest BCUT2D eigenvalue weighted by molar-refractivity contribution is 0.264. The molecular weight excluding hydrogens is 275 g/mol. The van der Waals surface area contributed by atoms with E-state index in [0.29, 0.717) is 0 Å². The maximum Gasteiger partial charge on any atom is 0.330 e. The van der Waals surface area contributed by atoms with Crippen LogP contribution in [0.2, 0.25) is 0 Å². The van der Waals surface area contributed by atoms with Gasteiger partial charge in [0.2, 0.25) is 0 Å². The van der Waals surface area contributed by atoms with Crippen LogP contribution in [0.15, 0.2) is 23.1 Å². The summed E-state index contributed by atoms with van der Waals surface area (Å²) in [5.41, 5.74) is 7.42. The fourth-order valence-corrected chi connectivity index (χ4v) is 2.36. The first-order valence-corrected chi connectivity index (χ1v) is 5.46. The highest BCUT2D eigenvalue weighted by Gasteiger charge is 2.30. The molecule has 2 N–H and O–H groups in total. The zero-order valence-electron chi connectivity index (χ0n) is 9.94. The summed E-state index contributed by atoms with van der Waals surface area (Å²) in [6.45, 7) is 0. The fraction of sp³-hybridized carbons (Fsp3) is 0.455. The minimum absolute atomic E-state index is 0. The summed E-state index contributed by atoms with van der Waals surface area (Å²) in [6.07, 6.45) is 3.46. The number of hydrogen-bond donors (Lipinski definition) is 1. The Morgan fingerprint density at radius 3 is 2.67 bits per heavy atom. The highest BCUT2D eigenvalue weighted by molar-refractivity contribution is 5.85. The third-order valence-corrected chi connectivity index (χ3v) is 3.36. The predicted octanol–water partition coefficient (Wildman–Crippen LogP) is 1.24. The Labute approximate surface area is 117 Å². The number of aromatic nitrogens is 3. The normalized spacial score (nSPS) is 21.9. The van der Waals surface area contributed by atoms with Crippen molar-refractivity contribution in [1.82, 2.24) is 14.1 Å². The van der Waals surface area contributed by atoms with Crippen LogP contribution in [0.1, 0.15) is 18.9 Å². The lowest BCUT2D eigenvalue weighted by atomic mass is 9.87. The van der Waals surface area contributed by atoms with Gasteiger partial charge in [0.1, 0.15) is 0 Å². The van der Waals surface area contributed by atoms with Gasteiger partial charge in [0.25, 0.3) is 0 Å². The number of fused-ring (bicyclic) bond motifs is 1. The lowest BCUT2D eigenvalue weighted by Crippen LogP contribution is -2.41. The second-order valence-electron chi connectivity index (χ2n) is 4.44. The van der Waals surface area contributed by atoms with E-state index in [-0.39, 0.29) is 42.6 Å². The Morgan fingerprint density at radius 1 is 1.39 bits per heavy atom. The topological polar surface area (TPSA) is 65.8 Å². The lowest BCUT2D eigenvalue weighted by Gasteiger charge is -2.32. The van der Waals surface area contributed by atoms with Crippen LogP contribution < -0.4 is 11.4 Å². The van der Waals surface area contributed by atoms with E-state index in [9.17, 15) is 4.79 Å². The molecule has 100 valence electrons. The summed E-state index contributed by atoms with van der Waals surface area (Å²) in [4.78, 5) is 16.4. The molecule has 0 aromatic carbocycles. The first-order valence-electron chi connectivity index (χ1n) is 5.46. The van der Waals surface area contributed by atoms with Gasteiger partial charge in [-0.1, -0.05) is 0 Å². The summed E-state index contributed by atoms with van der Waals surface area (Å²) in [7, 11) is 1.78. The standard InChI is InChI=1S/C11H14N4O.2ClH/c1-14-9-3-2-4-13-10(9)15(11(14)16)8-5-7(12)6-8;;/h2-4,7-8H,5-6,12H2,1H3;2*1H/t7-,8-;;. The Kier molecular flexibility index (Phi) is 4.42. The van der Waals surface area contributed by atoms with Gasteiger partial charge in [0.15, 0.2) is 5.65 Å². The van der Waals surface area contributed by atoms with Gasteiger partial charge in [-0.2, -0.15) is 0 Å². The summed E-state index contributed by atoms with van der Waals surface area (Å²) < 4.78 is 3.42. The molecule has 0 spiro atoms. The molecule has 0 saturated heterocycles. The second-order valence-corrected chi connectivity index (χ2v) is 4.44. The smallest absolute Gasteiger partial charge is 0.328 e. The van der Waals surface area contributed by atoms with E-state index >= 15 is 0 Å². The summed E-state index contributed by atoms with van der Waals surface area (Å²) in [5, 5.41) is 0. The number of pyridine rings is 1. The Balaban J connectivity index is 0.000000810. The van der Waals surface area contributed by atoms with E-state index in [1.165, 1.54) is 0 Å². The second kappa shape index (κ2) is 5.30. The van der Waals surface area contributed by atoms with Gasteiger partial charge in [0, 0.05) is 25.3 Å². The van der Waals surface area contributed by atoms with Crippen molar-refractivity contribution in [2.45, 2.75) is 24.9 Å². The van der Waals surface area contributed by atoms with Gasteiger partial charge < -0.3 is 5.73 Å². The molecule has 1 aliphatic carbocycles. The zero-order valence-corrected chi connectivity index (χ0v) is 11.6. The van der Waals surface area contributed by atoms with Gasteiger partial charge in [-0.05, 0) is 25.0 Å². The van der Waals surface area contributed by atoms with Crippen LogP contribution in [0.4, 0.5) is 0 Å². The molecular formula is C11H16Cl2N4O. The van der Waals surface area contributed by atoms with Gasteiger partial charge in [-0.15, -0.1) is 24.8 Å². The third-order valence-electron chi connectivity index (χ3n) is 3.36. The van der Waals surface area contributed by atoms with Gasteiger partial charge in [0.05, 0.1) is 5.52 Å². The van der Waals surface area contributed by atoms with Crippen molar-refractivity contribution >= 4 is 36.0 Å². The SMILES string of the molecule is Cl.Cl.Cn1c(=O)n([C@H]2C[C@H](N)C2)c2ncccc21. The van der Waals surface area contributed by atoms with E-state index in [0.717, 1.165) is 24.0 Å². The van der Waals surface area contributed by atoms with Crippen LogP contribution in [0, 0.1) is 0 Å². The average molecular weight is 291 g/mol. The molecule has 18 heavy (non-hydrogen) atoms. The van der Waals surface area contributed by atoms with Crippen LogP contribution in [0.5, 0.6) is 0 Å². The summed E-state index contributed by atoms with van der Waals surface area (Å²) in [6, 6.07) is 4.22. The van der Waals surface area contributed by atoms with Gasteiger partial charge in [-0.3, -0.25) is 9.13 Å². The predicted molar refractivity (Wildman–Crippen MR) is 75.7 cm³/mol. The van der Waals surface area contributed by atoms with Crippen molar-refractivity contribution in [1.29, 1.82) is 0 Å². The van der Waals surface area contributed by atoms with E-state index < -0.39 is 0 Å². The molecule has 1 saturated carbocycles. The van der Waals surface area contributed by atoms with E-state index in [2.05, 4.69) is 4.98 Å². The van der Waals surface area contributed by atoms with Crippen molar-refractivity contribution in [3.8, 4) is 0 Å². The molecule has 0 atom stereocenters. The molecule has 0 radical (unpaired) electrons. The van der Waals surface area contributed by atoms with Crippen molar-refractivity contribution in [3.63, 3.8) is 0 Å². The first kappa shape index (κ1) is 15.0. The van der Waals surface area contributed by atoms with Crippen LogP contribution in [-0.2, 0) is 7.05 Å². The Hall–Kier alpha value is -1.04. The fourth-order valence-electron chi connectivity index (χ4n) is 2.36. The molecule has 0 aliphatic heterocycles. The molecule has 3 rings (SSSR count). The number of nitrogens with two attached hydrogens (primary N) is 1. The molecule has 0 amide bonds. The highest BCUT2D eigenvalue weighted by Crippen LogP contribution is 2.31. The van der Waals surface area contributed by atoms with Gasteiger partial charge >= 0.3 is 5.69 Å². The largest absolute Gasteiger partial charge is 0.330 e. The molecule has 7 heteroatoms. The first-order chi connectivity index (χ1) is 7.68. The van der Waals surface area contributed by atoms with E-state index in [1.807, 2.05) is 12.1 Å². The Bertz CT molecular complexity index is 601. The molecule has 0 unspecified atom stereocenters. The summed E-state index contributed by atoms with van der Waals surface area (Å²) in [5.74, 6) is 0. The maximum absolute atomic E-state index is 12.1. The maximum atomic E-state index is 12.1. The van der Waals surface area contributed by atoms with Crippen LogP contribution >= 0.6 is 24.8 Å². The molecule has 1 fully saturated rings. The monoisotopic (exact) mass is 290 g/mol. The van der Waals surface area contributed by atoms with Crippen LogP contribution in [-0.4, -0.2) is 20.2 Å².